The zero-order valence-corrected chi connectivity index (χ0v) is 32.2. The van der Waals surface area contributed by atoms with E-state index in [-0.39, 0.29) is 16.6 Å². The van der Waals surface area contributed by atoms with E-state index in [1.165, 1.54) is 18.6 Å². The Hall–Kier alpha value is -0.610. The number of carbonyl (C=O) groups excluding carboxylic acids is 2. The fourth-order valence-corrected chi connectivity index (χ4v) is 15.2. The molecule has 7 fully saturated rings. The highest BCUT2D eigenvalue weighted by molar-refractivity contribution is 14.1. The fraction of sp³-hybridized carbons (Fsp3) is 0.548. The third kappa shape index (κ3) is 5.29. The molecule has 1 heterocycles. The van der Waals surface area contributed by atoms with Gasteiger partial charge in [0.2, 0.25) is 0 Å². The van der Waals surface area contributed by atoms with Crippen LogP contribution in [0.1, 0.15) is 60.4 Å². The number of benzene rings is 2. The van der Waals surface area contributed by atoms with Gasteiger partial charge in [0, 0.05) is 22.5 Å². The van der Waals surface area contributed by atoms with E-state index in [0.717, 1.165) is 32.8 Å². The minimum Gasteiger partial charge on any atom is -0.456 e. The van der Waals surface area contributed by atoms with Gasteiger partial charge >= 0.3 is 11.9 Å². The minimum atomic E-state index is -4.54. The van der Waals surface area contributed by atoms with Gasteiger partial charge in [-0.1, -0.05) is 0 Å². The van der Waals surface area contributed by atoms with Gasteiger partial charge in [0.05, 0.1) is 16.4 Å². The lowest BCUT2D eigenvalue weighted by Crippen LogP contribution is -2.46. The predicted molar refractivity (Wildman–Crippen MR) is 188 cm³/mol. The number of halogens is 3. The van der Waals surface area contributed by atoms with E-state index < -0.39 is 67.4 Å². The molecule has 246 valence electrons. The molecule has 46 heavy (non-hydrogen) atoms. The molecule has 0 amide bonds. The zero-order valence-electron chi connectivity index (χ0n) is 24.1. The van der Waals surface area contributed by atoms with Crippen molar-refractivity contribution in [2.45, 2.75) is 66.8 Å². The van der Waals surface area contributed by atoms with Gasteiger partial charge in [-0.05, 0) is 172 Å². The van der Waals surface area contributed by atoms with Crippen molar-refractivity contribution >= 4 is 99.9 Å². The van der Waals surface area contributed by atoms with E-state index in [4.69, 9.17) is 13.7 Å². The Bertz CT molecular complexity index is 1870. The molecule has 7 aliphatic rings. The highest BCUT2D eigenvalue weighted by atomic mass is 127. The number of hydrogen-bond acceptors (Lipinski definition) is 9. The highest BCUT2D eigenvalue weighted by Gasteiger charge is 2.72. The first-order valence-electron chi connectivity index (χ1n) is 15.3. The maximum absolute atomic E-state index is 13.9. The summed E-state index contributed by atoms with van der Waals surface area (Å²) in [6.45, 7) is 0. The summed E-state index contributed by atoms with van der Waals surface area (Å²) in [5.74, 6) is -1.80. The molecule has 6 saturated carbocycles. The monoisotopic (exact) mass is 1010 g/mol. The first-order chi connectivity index (χ1) is 21.7. The molecular formula is C31H29I3O10S2. The van der Waals surface area contributed by atoms with E-state index in [1.807, 2.05) is 6.07 Å². The van der Waals surface area contributed by atoms with Crippen LogP contribution >= 0.6 is 67.8 Å². The van der Waals surface area contributed by atoms with Crippen LogP contribution in [-0.4, -0.2) is 50.8 Å². The molecule has 1 aliphatic heterocycles. The van der Waals surface area contributed by atoms with Gasteiger partial charge in [0.25, 0.3) is 20.2 Å². The summed E-state index contributed by atoms with van der Waals surface area (Å²) in [5.41, 5.74) is 0.812. The van der Waals surface area contributed by atoms with Crippen LogP contribution in [0, 0.1) is 52.1 Å². The first kappa shape index (κ1) is 32.6. The van der Waals surface area contributed by atoms with Crippen LogP contribution in [0.4, 0.5) is 0 Å². The van der Waals surface area contributed by atoms with E-state index >= 15 is 0 Å². The summed E-state index contributed by atoms with van der Waals surface area (Å²) in [5, 5.41) is -1.12. The fourth-order valence-electron chi connectivity index (χ4n) is 10.0. The Morgan fingerprint density at radius 2 is 1.59 bits per heavy atom. The van der Waals surface area contributed by atoms with Crippen molar-refractivity contribution in [1.82, 2.24) is 0 Å². The highest BCUT2D eigenvalue weighted by Crippen LogP contribution is 2.61. The van der Waals surface area contributed by atoms with E-state index in [2.05, 4.69) is 67.8 Å². The average Bonchev–Trinajstić information content (AvgIpc) is 3.57. The van der Waals surface area contributed by atoms with E-state index in [1.54, 1.807) is 12.1 Å². The SMILES string of the molecule is O=C(OC1C2CC3C1OS(=O)(=O)C3C2C(=O)Oc1ccc(S(=O)(=O)O)c(C2C3CC4CC(C3)CC2C4)c1)c1cc(I)cc(I)c1I. The van der Waals surface area contributed by atoms with Crippen LogP contribution in [0.15, 0.2) is 35.2 Å². The summed E-state index contributed by atoms with van der Waals surface area (Å²) in [4.78, 5) is 27.1. The Labute approximate surface area is 307 Å². The second kappa shape index (κ2) is 11.5. The van der Waals surface area contributed by atoms with Gasteiger partial charge in [-0.2, -0.15) is 16.8 Å². The zero-order chi connectivity index (χ0) is 32.4. The summed E-state index contributed by atoms with van der Waals surface area (Å²) in [6, 6.07) is 7.78. The molecule has 2 aromatic carbocycles. The number of esters is 2. The Balaban J connectivity index is 1.09. The Kier molecular flexibility index (Phi) is 8.12. The minimum absolute atomic E-state index is 0.0778. The van der Waals surface area contributed by atoms with Crippen molar-refractivity contribution in [3.8, 4) is 5.75 Å². The topological polar surface area (TPSA) is 150 Å². The number of carbonyl (C=O) groups is 2. The lowest BCUT2D eigenvalue weighted by molar-refractivity contribution is -0.143. The standard InChI is InChI=1S/C31H29I3O10S2/c32-16-8-20(26(34)22(33)9-16)30(35)43-27-19-11-21-28(27)44-46(40,41)29(21)25(19)31(36)42-17-1-2-23(45(37,38)39)18(10-17)24-14-4-12-3-13(6-14)7-15(24)5-12/h1-2,8-10,12-15,19,21,24-25,27-29H,3-7,11H2,(H,37,38,39). The van der Waals surface area contributed by atoms with Crippen LogP contribution in [-0.2, 0) is 34.0 Å². The molecule has 15 heteroatoms. The van der Waals surface area contributed by atoms with Crippen molar-refractivity contribution in [2.24, 2.45) is 41.4 Å². The lowest BCUT2D eigenvalue weighted by atomic mass is 9.51. The van der Waals surface area contributed by atoms with Crippen molar-refractivity contribution < 1.29 is 44.6 Å². The molecule has 1 saturated heterocycles. The smallest absolute Gasteiger partial charge is 0.339 e. The Morgan fingerprint density at radius 1 is 0.913 bits per heavy atom. The van der Waals surface area contributed by atoms with Crippen LogP contribution in [0.2, 0.25) is 0 Å². The summed E-state index contributed by atoms with van der Waals surface area (Å²) < 4.78 is 81.2. The van der Waals surface area contributed by atoms with E-state index in [0.29, 0.717) is 44.8 Å². The third-order valence-electron chi connectivity index (χ3n) is 11.3. The van der Waals surface area contributed by atoms with Crippen LogP contribution in [0.25, 0.3) is 0 Å². The molecule has 1 N–H and O–H groups in total. The van der Waals surface area contributed by atoms with Crippen molar-refractivity contribution in [3.05, 3.63) is 52.2 Å². The number of fused-ring (bicyclic) bond motifs is 1. The summed E-state index contributed by atoms with van der Waals surface area (Å²) >= 11 is 6.32. The summed E-state index contributed by atoms with van der Waals surface area (Å²) in [6.07, 6.45) is 3.77. The van der Waals surface area contributed by atoms with Gasteiger partial charge < -0.3 is 9.47 Å². The van der Waals surface area contributed by atoms with Gasteiger partial charge in [-0.25, -0.2) is 4.79 Å². The average molecular weight is 1010 g/mol. The molecule has 6 unspecified atom stereocenters. The lowest BCUT2D eigenvalue weighted by Gasteiger charge is -2.54. The molecule has 6 bridgehead atoms. The van der Waals surface area contributed by atoms with Crippen molar-refractivity contribution in [2.75, 3.05) is 0 Å². The third-order valence-corrected chi connectivity index (χ3v) is 17.7. The number of ether oxygens (including phenoxy) is 2. The van der Waals surface area contributed by atoms with Crippen LogP contribution in [0.3, 0.4) is 0 Å². The molecule has 6 aliphatic carbocycles. The van der Waals surface area contributed by atoms with Crippen molar-refractivity contribution in [3.63, 3.8) is 0 Å². The molecule has 10 nitrogen and oxygen atoms in total. The normalized spacial score (nSPS) is 37.9. The molecule has 9 rings (SSSR count). The van der Waals surface area contributed by atoms with Gasteiger partial charge in [-0.3, -0.25) is 13.5 Å². The van der Waals surface area contributed by atoms with Gasteiger partial charge in [-0.15, -0.1) is 0 Å². The predicted octanol–water partition coefficient (Wildman–Crippen LogP) is 5.78. The number of rotatable bonds is 6. The summed E-state index contributed by atoms with van der Waals surface area (Å²) in [7, 11) is -8.69. The second-order valence-corrected chi connectivity index (χ2v) is 20.4. The Morgan fingerprint density at radius 3 is 2.24 bits per heavy atom. The van der Waals surface area contributed by atoms with Gasteiger partial charge in [0.15, 0.2) is 0 Å². The van der Waals surface area contributed by atoms with Crippen LogP contribution in [0.5, 0.6) is 5.75 Å². The second-order valence-electron chi connectivity index (χ2n) is 13.8. The quantitative estimate of drug-likeness (QED) is 0.0943. The molecular weight excluding hydrogens is 977 g/mol. The maximum Gasteiger partial charge on any atom is 0.339 e. The first-order valence-corrected chi connectivity index (χ1v) is 21.4. The molecule has 0 radical (unpaired) electrons. The van der Waals surface area contributed by atoms with Crippen LogP contribution < -0.4 is 4.74 Å². The maximum atomic E-state index is 13.9. The van der Waals surface area contributed by atoms with Gasteiger partial charge in [0.1, 0.15) is 23.2 Å². The molecule has 2 aromatic rings. The molecule has 0 spiro atoms. The molecule has 6 atom stereocenters. The van der Waals surface area contributed by atoms with E-state index in [9.17, 15) is 31.0 Å². The van der Waals surface area contributed by atoms with Crippen molar-refractivity contribution in [1.29, 1.82) is 0 Å². The number of hydrogen-bond donors (Lipinski definition) is 1. The molecule has 0 aromatic heterocycles. The largest absolute Gasteiger partial charge is 0.456 e.